The molecule has 2 aliphatic rings. The maximum absolute atomic E-state index is 16.0. The third-order valence-electron chi connectivity index (χ3n) is 10.7. The largest absolute Gasteiger partial charge is 0.493 e. The zero-order valence-electron chi connectivity index (χ0n) is 29.6. The van der Waals surface area contributed by atoms with Crippen molar-refractivity contribution in [1.82, 2.24) is 19.4 Å². The molecular weight excluding hydrogens is 645 g/mol. The number of carbonyl (C=O) groups excluding carboxylic acids is 1. The summed E-state index contributed by atoms with van der Waals surface area (Å²) in [5.41, 5.74) is 3.76. The molecule has 1 amide bonds. The number of likely N-dealkylation sites (tertiary alicyclic amines) is 2. The van der Waals surface area contributed by atoms with Crippen molar-refractivity contribution in [2.75, 3.05) is 59.4 Å². The molecule has 2 unspecified atom stereocenters. The third kappa shape index (κ3) is 6.97. The number of hydrogen-bond acceptors (Lipinski definition) is 7. The topological polar surface area (TPSA) is 81.1 Å². The molecule has 3 heterocycles. The number of fused-ring (bicyclic) bond motifs is 1. The molecule has 0 bridgehead atoms. The van der Waals surface area contributed by atoms with E-state index in [0.29, 0.717) is 47.4 Å². The van der Waals surface area contributed by atoms with Gasteiger partial charge < -0.3 is 29.3 Å². The van der Waals surface area contributed by atoms with Crippen LogP contribution in [-0.2, 0) is 5.41 Å². The summed E-state index contributed by atoms with van der Waals surface area (Å²) in [6.07, 6.45) is 2.32. The lowest BCUT2D eigenvalue weighted by Gasteiger charge is -2.36. The van der Waals surface area contributed by atoms with Gasteiger partial charge in [0.15, 0.2) is 11.5 Å². The minimum Gasteiger partial charge on any atom is -0.493 e. The summed E-state index contributed by atoms with van der Waals surface area (Å²) in [5.74, 6) is 1.91. The van der Waals surface area contributed by atoms with Gasteiger partial charge in [0.2, 0.25) is 18.0 Å². The minimum atomic E-state index is -1.35. The Hall–Kier alpha value is -5.09. The van der Waals surface area contributed by atoms with Crippen molar-refractivity contribution in [3.05, 3.63) is 114 Å². The summed E-state index contributed by atoms with van der Waals surface area (Å²) in [5, 5.41) is 3.61. The molecule has 2 fully saturated rings. The van der Waals surface area contributed by atoms with E-state index in [2.05, 4.69) is 34.5 Å². The molecule has 7 rings (SSSR count). The second kappa shape index (κ2) is 15.0. The van der Waals surface area contributed by atoms with Crippen molar-refractivity contribution in [1.29, 1.82) is 0 Å². The van der Waals surface area contributed by atoms with Crippen molar-refractivity contribution in [2.45, 2.75) is 43.4 Å². The third-order valence-corrected chi connectivity index (χ3v) is 10.7. The number of aromatic nitrogens is 2. The quantitative estimate of drug-likeness (QED) is 0.147. The monoisotopic (exact) mass is 691 g/mol. The number of methoxy groups -OCH3 is 3. The standard InChI is InChI=1S/C41H46FN5O4/c1-49-35-26-30(27-36(50-2)37(35)51-3)39(48)46-25-21-41(28-46,31-14-8-5-9-15-31)20-24-45-22-18-32(19-23-45)43-40-44-33-16-10-11-17-34(33)47(40)38(42)29-12-6-4-7-13-29/h4-17,26-27,32,38H,18-25,28H2,1-3H3,(H,43,44). The van der Waals surface area contributed by atoms with Crippen molar-refractivity contribution in [2.24, 2.45) is 0 Å². The number of alkyl halides is 1. The van der Waals surface area contributed by atoms with Gasteiger partial charge in [-0.1, -0.05) is 72.8 Å². The normalized spacial score (nSPS) is 18.9. The SMILES string of the molecule is COc1cc(C(=O)N2CCC(CCN3CCC(Nc4nc5ccccc5n4C(F)c4ccccc4)CC3)(c3ccccc3)C2)cc(OC)c1OC. The van der Waals surface area contributed by atoms with Crippen LogP contribution in [0.2, 0.25) is 0 Å². The lowest BCUT2D eigenvalue weighted by molar-refractivity contribution is 0.0779. The van der Waals surface area contributed by atoms with Crippen LogP contribution in [0.4, 0.5) is 10.3 Å². The molecule has 4 aromatic carbocycles. The lowest BCUT2D eigenvalue weighted by Crippen LogP contribution is -2.42. The van der Waals surface area contributed by atoms with Crippen LogP contribution >= 0.6 is 0 Å². The maximum atomic E-state index is 16.0. The smallest absolute Gasteiger partial charge is 0.254 e. The zero-order chi connectivity index (χ0) is 35.4. The van der Waals surface area contributed by atoms with E-state index >= 15 is 4.39 Å². The van der Waals surface area contributed by atoms with Gasteiger partial charge in [0.05, 0.1) is 32.4 Å². The average Bonchev–Trinajstić information content (AvgIpc) is 3.79. The summed E-state index contributed by atoms with van der Waals surface area (Å²) < 4.78 is 34.3. The molecule has 51 heavy (non-hydrogen) atoms. The van der Waals surface area contributed by atoms with Crippen LogP contribution in [0.3, 0.4) is 0 Å². The van der Waals surface area contributed by atoms with Crippen LogP contribution in [0.1, 0.15) is 53.5 Å². The van der Waals surface area contributed by atoms with Gasteiger partial charge in [-0.05, 0) is 62.1 Å². The van der Waals surface area contributed by atoms with Gasteiger partial charge in [-0.25, -0.2) is 9.37 Å². The molecule has 10 heteroatoms. The average molecular weight is 692 g/mol. The number of benzene rings is 4. The first-order valence-corrected chi connectivity index (χ1v) is 17.7. The highest BCUT2D eigenvalue weighted by Crippen LogP contribution is 2.42. The van der Waals surface area contributed by atoms with Crippen LogP contribution in [0.25, 0.3) is 11.0 Å². The predicted molar refractivity (Wildman–Crippen MR) is 198 cm³/mol. The summed E-state index contributed by atoms with van der Waals surface area (Å²) in [6, 6.07) is 31.2. The molecule has 0 spiro atoms. The molecular formula is C41H46FN5O4. The molecule has 2 atom stereocenters. The Morgan fingerprint density at radius 1 is 0.882 bits per heavy atom. The summed E-state index contributed by atoms with van der Waals surface area (Å²) >= 11 is 0. The highest BCUT2D eigenvalue weighted by molar-refractivity contribution is 5.96. The number of hydrogen-bond donors (Lipinski definition) is 1. The van der Waals surface area contributed by atoms with Gasteiger partial charge in [0, 0.05) is 48.8 Å². The zero-order valence-corrected chi connectivity index (χ0v) is 29.6. The van der Waals surface area contributed by atoms with Crippen LogP contribution in [0.15, 0.2) is 97.1 Å². The molecule has 0 radical (unpaired) electrons. The second-order valence-electron chi connectivity index (χ2n) is 13.6. The van der Waals surface area contributed by atoms with Crippen LogP contribution in [0.5, 0.6) is 17.2 Å². The lowest BCUT2D eigenvalue weighted by atomic mass is 9.76. The summed E-state index contributed by atoms with van der Waals surface area (Å²) in [7, 11) is 4.67. The van der Waals surface area contributed by atoms with Gasteiger partial charge in [-0.15, -0.1) is 0 Å². The van der Waals surface area contributed by atoms with Gasteiger partial charge in [-0.3, -0.25) is 9.36 Å². The molecule has 1 N–H and O–H groups in total. The van der Waals surface area contributed by atoms with E-state index in [-0.39, 0.29) is 17.4 Å². The van der Waals surface area contributed by atoms with E-state index < -0.39 is 6.30 Å². The van der Waals surface area contributed by atoms with E-state index in [0.717, 1.165) is 56.4 Å². The molecule has 1 aromatic heterocycles. The first-order chi connectivity index (χ1) is 24.9. The Morgan fingerprint density at radius 2 is 1.53 bits per heavy atom. The fourth-order valence-electron chi connectivity index (χ4n) is 7.80. The number of nitrogens with one attached hydrogen (secondary N) is 1. The molecule has 2 aliphatic heterocycles. The van der Waals surface area contributed by atoms with Crippen molar-refractivity contribution in [3.63, 3.8) is 0 Å². The molecule has 0 aliphatic carbocycles. The number of ether oxygens (including phenoxy) is 3. The molecule has 2 saturated heterocycles. The van der Waals surface area contributed by atoms with Crippen LogP contribution < -0.4 is 19.5 Å². The van der Waals surface area contributed by atoms with Gasteiger partial charge in [-0.2, -0.15) is 0 Å². The Morgan fingerprint density at radius 3 is 2.20 bits per heavy atom. The Bertz CT molecular complexity index is 1920. The van der Waals surface area contributed by atoms with Gasteiger partial charge >= 0.3 is 0 Å². The Balaban J connectivity index is 1.02. The number of rotatable bonds is 12. The number of amides is 1. The van der Waals surface area contributed by atoms with E-state index in [4.69, 9.17) is 19.2 Å². The number of anilines is 1. The van der Waals surface area contributed by atoms with E-state index in [1.807, 2.05) is 65.6 Å². The number of halogens is 1. The van der Waals surface area contributed by atoms with Crippen molar-refractivity contribution < 1.29 is 23.4 Å². The highest BCUT2D eigenvalue weighted by atomic mass is 19.1. The van der Waals surface area contributed by atoms with Crippen LogP contribution in [-0.4, -0.2) is 85.4 Å². The van der Waals surface area contributed by atoms with E-state index in [1.165, 1.54) is 5.56 Å². The number of para-hydroxylation sites is 2. The number of nitrogens with zero attached hydrogens (tertiary/aromatic N) is 4. The number of piperidine rings is 1. The predicted octanol–water partition coefficient (Wildman–Crippen LogP) is 7.33. The fraction of sp³-hybridized carbons (Fsp3) is 0.366. The van der Waals surface area contributed by atoms with E-state index in [1.54, 1.807) is 38.0 Å². The van der Waals surface area contributed by atoms with E-state index in [9.17, 15) is 4.79 Å². The molecule has 5 aromatic rings. The summed E-state index contributed by atoms with van der Waals surface area (Å²) in [4.78, 5) is 23.2. The number of imidazole rings is 1. The Labute approximate surface area is 298 Å². The Kier molecular flexibility index (Phi) is 10.1. The maximum Gasteiger partial charge on any atom is 0.254 e. The van der Waals surface area contributed by atoms with Gasteiger partial charge in [0.1, 0.15) is 0 Å². The first-order valence-electron chi connectivity index (χ1n) is 17.7. The summed E-state index contributed by atoms with van der Waals surface area (Å²) in [6.45, 7) is 4.07. The minimum absolute atomic E-state index is 0.0484. The van der Waals surface area contributed by atoms with Crippen LogP contribution in [0, 0.1) is 0 Å². The fourth-order valence-corrected chi connectivity index (χ4v) is 7.80. The number of carbonyl (C=O) groups is 1. The molecule has 0 saturated carbocycles. The molecule has 266 valence electrons. The van der Waals surface area contributed by atoms with Crippen molar-refractivity contribution in [3.8, 4) is 17.2 Å². The highest BCUT2D eigenvalue weighted by Gasteiger charge is 2.42. The van der Waals surface area contributed by atoms with Crippen molar-refractivity contribution >= 4 is 22.9 Å². The first kappa shape index (κ1) is 34.4. The molecule has 9 nitrogen and oxygen atoms in total. The van der Waals surface area contributed by atoms with Gasteiger partial charge in [0.25, 0.3) is 5.91 Å². The second-order valence-corrected chi connectivity index (χ2v) is 13.6.